The van der Waals surface area contributed by atoms with Gasteiger partial charge in [-0.25, -0.2) is 13.8 Å². The molecule has 9 heteroatoms. The zero-order valence-corrected chi connectivity index (χ0v) is 17.1. The quantitative estimate of drug-likeness (QED) is 0.449. The van der Waals surface area contributed by atoms with Gasteiger partial charge in [-0.15, -0.1) is 11.3 Å². The molecular weight excluding hydrogens is 418 g/mol. The summed E-state index contributed by atoms with van der Waals surface area (Å²) >= 11 is 7.55. The monoisotopic (exact) mass is 433 g/mol. The van der Waals surface area contributed by atoms with Crippen molar-refractivity contribution in [2.24, 2.45) is 5.10 Å². The van der Waals surface area contributed by atoms with Crippen molar-refractivity contribution in [2.45, 2.75) is 11.8 Å². The Labute approximate surface area is 171 Å². The standard InChI is InChI=1S/C19H16ClN3O3S2/c1-13-9-10-15(27-13)12-21-22-19(24)14-5-4-6-16(11-14)28(25,26)23-18-8-3-2-7-17(18)20/h2-12,23H,1H3,(H,22,24)/b21-12-. The summed E-state index contributed by atoms with van der Waals surface area (Å²) in [4.78, 5) is 14.3. The number of hydrogen-bond acceptors (Lipinski definition) is 5. The van der Waals surface area contributed by atoms with E-state index in [9.17, 15) is 13.2 Å². The molecule has 0 atom stereocenters. The lowest BCUT2D eigenvalue weighted by Crippen LogP contribution is -2.19. The van der Waals surface area contributed by atoms with Gasteiger partial charge in [0.1, 0.15) is 0 Å². The zero-order chi connectivity index (χ0) is 20.1. The number of sulfonamides is 1. The number of aryl methyl sites for hydroxylation is 1. The molecule has 0 bridgehead atoms. The Kier molecular flexibility index (Phi) is 6.13. The van der Waals surface area contributed by atoms with Crippen LogP contribution < -0.4 is 10.1 Å². The summed E-state index contributed by atoms with van der Waals surface area (Å²) in [6.07, 6.45) is 1.54. The summed E-state index contributed by atoms with van der Waals surface area (Å²) in [5, 5.41) is 4.18. The van der Waals surface area contributed by atoms with Crippen molar-refractivity contribution in [1.82, 2.24) is 5.43 Å². The summed E-state index contributed by atoms with van der Waals surface area (Å²) in [5.74, 6) is -0.515. The number of hydrogen-bond donors (Lipinski definition) is 2. The highest BCUT2D eigenvalue weighted by Crippen LogP contribution is 2.24. The van der Waals surface area contributed by atoms with Crippen LogP contribution in [0, 0.1) is 6.92 Å². The second-order valence-corrected chi connectivity index (χ2v) is 9.17. The summed E-state index contributed by atoms with van der Waals surface area (Å²) in [7, 11) is -3.90. The molecule has 0 aliphatic heterocycles. The normalized spacial score (nSPS) is 11.5. The summed E-state index contributed by atoms with van der Waals surface area (Å²) in [6.45, 7) is 1.98. The average Bonchev–Trinajstić information content (AvgIpc) is 3.08. The minimum absolute atomic E-state index is 0.0575. The molecular formula is C19H16ClN3O3S2. The van der Waals surface area contributed by atoms with E-state index >= 15 is 0 Å². The van der Waals surface area contributed by atoms with E-state index in [0.717, 1.165) is 9.75 Å². The molecule has 2 N–H and O–H groups in total. The van der Waals surface area contributed by atoms with Gasteiger partial charge in [-0.3, -0.25) is 9.52 Å². The number of carbonyl (C=O) groups excluding carboxylic acids is 1. The molecule has 1 heterocycles. The minimum Gasteiger partial charge on any atom is -0.278 e. The highest BCUT2D eigenvalue weighted by molar-refractivity contribution is 7.92. The van der Waals surface area contributed by atoms with Gasteiger partial charge in [0.25, 0.3) is 15.9 Å². The number of rotatable bonds is 6. The molecule has 0 spiro atoms. The number of thiophene rings is 1. The smallest absolute Gasteiger partial charge is 0.271 e. The van der Waals surface area contributed by atoms with E-state index in [4.69, 9.17) is 11.6 Å². The molecule has 3 rings (SSSR count). The topological polar surface area (TPSA) is 87.6 Å². The number of para-hydroxylation sites is 1. The van der Waals surface area contributed by atoms with Crippen LogP contribution in [0.2, 0.25) is 5.02 Å². The Morgan fingerprint density at radius 2 is 1.89 bits per heavy atom. The van der Waals surface area contributed by atoms with Crippen molar-refractivity contribution in [3.63, 3.8) is 0 Å². The number of halogens is 1. The SMILES string of the molecule is Cc1ccc(/C=N\NC(=O)c2cccc(S(=O)(=O)Nc3ccccc3Cl)c2)s1. The first-order valence-electron chi connectivity index (χ1n) is 8.12. The third-order valence-corrected chi connectivity index (χ3v) is 6.27. The molecule has 3 aromatic rings. The molecule has 1 amide bonds. The first-order valence-corrected chi connectivity index (χ1v) is 10.8. The highest BCUT2D eigenvalue weighted by atomic mass is 35.5. The van der Waals surface area contributed by atoms with Crippen LogP contribution in [0.1, 0.15) is 20.1 Å². The average molecular weight is 434 g/mol. The minimum atomic E-state index is -3.90. The first kappa shape index (κ1) is 20.1. The van der Waals surface area contributed by atoms with Gasteiger partial charge >= 0.3 is 0 Å². The fraction of sp³-hybridized carbons (Fsp3) is 0.0526. The van der Waals surface area contributed by atoms with Crippen LogP contribution >= 0.6 is 22.9 Å². The summed E-state index contributed by atoms with van der Waals surface area (Å²) in [6, 6.07) is 16.0. The van der Waals surface area contributed by atoms with Crippen LogP contribution in [0.4, 0.5) is 5.69 Å². The molecule has 0 unspecified atom stereocenters. The summed E-state index contributed by atoms with van der Waals surface area (Å²) < 4.78 is 27.6. The van der Waals surface area contributed by atoms with E-state index in [1.54, 1.807) is 35.6 Å². The van der Waals surface area contributed by atoms with Gasteiger partial charge < -0.3 is 0 Å². The second kappa shape index (κ2) is 8.55. The van der Waals surface area contributed by atoms with Gasteiger partial charge in [0.15, 0.2) is 0 Å². The van der Waals surface area contributed by atoms with E-state index in [1.165, 1.54) is 30.5 Å². The Balaban J connectivity index is 1.74. The summed E-state index contributed by atoms with van der Waals surface area (Å²) in [5.41, 5.74) is 2.82. The number of hydrazone groups is 1. The lowest BCUT2D eigenvalue weighted by atomic mass is 10.2. The third kappa shape index (κ3) is 4.98. The lowest BCUT2D eigenvalue weighted by Gasteiger charge is -2.10. The van der Waals surface area contributed by atoms with Gasteiger partial charge in [0.2, 0.25) is 0 Å². The van der Waals surface area contributed by atoms with Crippen molar-refractivity contribution in [3.8, 4) is 0 Å². The van der Waals surface area contributed by atoms with Gasteiger partial charge in [-0.05, 0) is 49.4 Å². The maximum absolute atomic E-state index is 12.6. The second-order valence-electron chi connectivity index (χ2n) is 5.76. The molecule has 0 radical (unpaired) electrons. The van der Waals surface area contributed by atoms with Gasteiger partial charge in [-0.1, -0.05) is 29.8 Å². The number of amides is 1. The fourth-order valence-electron chi connectivity index (χ4n) is 2.29. The zero-order valence-electron chi connectivity index (χ0n) is 14.7. The van der Waals surface area contributed by atoms with Crippen LogP contribution in [-0.2, 0) is 10.0 Å². The molecule has 28 heavy (non-hydrogen) atoms. The molecule has 6 nitrogen and oxygen atoms in total. The first-order chi connectivity index (χ1) is 13.3. The number of benzene rings is 2. The predicted octanol–water partition coefficient (Wildman–Crippen LogP) is 4.27. The molecule has 0 saturated carbocycles. The van der Waals surface area contributed by atoms with E-state index in [1.807, 2.05) is 19.1 Å². The Morgan fingerprint density at radius 3 is 2.61 bits per heavy atom. The molecule has 0 aliphatic carbocycles. The number of nitrogens with zero attached hydrogens (tertiary/aromatic N) is 1. The van der Waals surface area contributed by atoms with Gasteiger partial charge in [-0.2, -0.15) is 5.10 Å². The fourth-order valence-corrected chi connectivity index (χ4v) is 4.41. The molecule has 0 saturated heterocycles. The van der Waals surface area contributed by atoms with Crippen molar-refractivity contribution in [2.75, 3.05) is 4.72 Å². The largest absolute Gasteiger partial charge is 0.278 e. The molecule has 0 fully saturated rings. The lowest BCUT2D eigenvalue weighted by molar-refractivity contribution is 0.0955. The third-order valence-electron chi connectivity index (χ3n) is 3.64. The van der Waals surface area contributed by atoms with E-state index < -0.39 is 15.9 Å². The van der Waals surface area contributed by atoms with Crippen LogP contribution in [0.5, 0.6) is 0 Å². The molecule has 144 valence electrons. The van der Waals surface area contributed by atoms with Crippen molar-refractivity contribution in [1.29, 1.82) is 0 Å². The number of nitrogens with one attached hydrogen (secondary N) is 2. The Morgan fingerprint density at radius 1 is 1.11 bits per heavy atom. The van der Waals surface area contributed by atoms with E-state index in [0.29, 0.717) is 0 Å². The Bertz CT molecular complexity index is 1140. The van der Waals surface area contributed by atoms with Gasteiger partial charge in [0, 0.05) is 15.3 Å². The maximum Gasteiger partial charge on any atom is 0.271 e. The number of carbonyl (C=O) groups is 1. The van der Waals surface area contributed by atoms with Crippen molar-refractivity contribution in [3.05, 3.63) is 81.0 Å². The maximum atomic E-state index is 12.6. The number of anilines is 1. The van der Waals surface area contributed by atoms with Crippen LogP contribution in [0.15, 0.2) is 70.7 Å². The van der Waals surface area contributed by atoms with Gasteiger partial charge in [0.05, 0.1) is 21.8 Å². The van der Waals surface area contributed by atoms with E-state index in [-0.39, 0.29) is 21.2 Å². The predicted molar refractivity (Wildman–Crippen MR) is 113 cm³/mol. The van der Waals surface area contributed by atoms with Crippen LogP contribution in [0.3, 0.4) is 0 Å². The molecule has 1 aromatic heterocycles. The molecule has 2 aromatic carbocycles. The Hall–Kier alpha value is -2.68. The van der Waals surface area contributed by atoms with E-state index in [2.05, 4.69) is 15.2 Å². The van der Waals surface area contributed by atoms with Crippen molar-refractivity contribution < 1.29 is 13.2 Å². The van der Waals surface area contributed by atoms with Crippen molar-refractivity contribution >= 4 is 50.8 Å². The highest BCUT2D eigenvalue weighted by Gasteiger charge is 2.17. The molecule has 0 aliphatic rings. The van der Waals surface area contributed by atoms with Crippen LogP contribution in [0.25, 0.3) is 0 Å². The van der Waals surface area contributed by atoms with Crippen LogP contribution in [-0.4, -0.2) is 20.5 Å².